The highest BCUT2D eigenvalue weighted by Crippen LogP contribution is 2.64. The van der Waals surface area contributed by atoms with Gasteiger partial charge < -0.3 is 4.90 Å². The molecule has 9 aromatic carbocycles. The standard InChI is InChI=1S/C57H36F3N/c58-57(59,60)39-27-29-40(30-28-39)61(41-31-33-47-45-21-7-11-23-49(45)55(53(47)35-41,37-15-3-1-4-16-37)38-17-5-2-6-18-38)42-32-34-48-46-22-10-14-26-52(46)56(54(48)36-42)50-24-12-8-19-43(50)44-20-9-13-25-51(44)56/h1-36H. The highest BCUT2D eigenvalue weighted by molar-refractivity contribution is 5.97. The number of hydrogen-bond donors (Lipinski definition) is 0. The SMILES string of the molecule is FC(F)(F)c1ccc(N(c2ccc3c(c2)C(c2ccccc2)(c2ccccc2)c2ccccc2-3)c2ccc3c(c2)C2(c4ccccc4-c4ccccc42)c2ccccc2-3)cc1. The maximum atomic E-state index is 14.1. The number of halogens is 3. The third kappa shape index (κ3) is 4.85. The molecule has 1 nitrogen and oxygen atoms in total. The van der Waals surface area contributed by atoms with Crippen LogP contribution in [-0.2, 0) is 17.0 Å². The molecule has 1 spiro atoms. The van der Waals surface area contributed by atoms with Crippen LogP contribution in [0.1, 0.15) is 50.1 Å². The summed E-state index contributed by atoms with van der Waals surface area (Å²) >= 11 is 0. The minimum atomic E-state index is -4.47. The molecule has 3 aliphatic carbocycles. The first-order valence-corrected chi connectivity index (χ1v) is 20.7. The summed E-state index contributed by atoms with van der Waals surface area (Å²) in [5, 5.41) is 0. The van der Waals surface area contributed by atoms with E-state index in [0.717, 1.165) is 50.3 Å². The minimum Gasteiger partial charge on any atom is -0.310 e. The molecule has 0 heterocycles. The van der Waals surface area contributed by atoms with E-state index in [1.165, 1.54) is 51.1 Å². The van der Waals surface area contributed by atoms with Crippen LogP contribution in [0.5, 0.6) is 0 Å². The zero-order valence-electron chi connectivity index (χ0n) is 32.9. The van der Waals surface area contributed by atoms with Crippen molar-refractivity contribution in [2.75, 3.05) is 4.90 Å². The third-order valence-corrected chi connectivity index (χ3v) is 13.4. The summed E-state index contributed by atoms with van der Waals surface area (Å²) in [6.45, 7) is 0. The fraction of sp³-hybridized carbons (Fsp3) is 0.0526. The molecule has 0 saturated heterocycles. The van der Waals surface area contributed by atoms with Gasteiger partial charge in [-0.1, -0.05) is 170 Å². The topological polar surface area (TPSA) is 3.24 Å². The molecule has 0 amide bonds. The molecule has 0 saturated carbocycles. The Kier molecular flexibility index (Phi) is 7.59. The Bertz CT molecular complexity index is 2980. The van der Waals surface area contributed by atoms with E-state index >= 15 is 0 Å². The maximum absolute atomic E-state index is 14.1. The molecule has 0 aliphatic heterocycles. The largest absolute Gasteiger partial charge is 0.416 e. The molecule has 290 valence electrons. The highest BCUT2D eigenvalue weighted by Gasteiger charge is 2.52. The van der Waals surface area contributed by atoms with Gasteiger partial charge in [-0.05, 0) is 126 Å². The van der Waals surface area contributed by atoms with Gasteiger partial charge in [0, 0.05) is 17.1 Å². The number of nitrogens with zero attached hydrogens (tertiary/aromatic N) is 1. The first kappa shape index (κ1) is 35.5. The summed E-state index contributed by atoms with van der Waals surface area (Å²) in [6, 6.07) is 74.8. The van der Waals surface area contributed by atoms with Gasteiger partial charge in [0.25, 0.3) is 0 Å². The van der Waals surface area contributed by atoms with E-state index < -0.39 is 22.6 Å². The molecule has 12 rings (SSSR count). The van der Waals surface area contributed by atoms with E-state index in [1.807, 2.05) is 12.1 Å². The number of anilines is 3. The summed E-state index contributed by atoms with van der Waals surface area (Å²) in [5.41, 5.74) is 16.9. The van der Waals surface area contributed by atoms with Crippen molar-refractivity contribution in [1.82, 2.24) is 0 Å². The second-order valence-corrected chi connectivity index (χ2v) is 16.3. The lowest BCUT2D eigenvalue weighted by molar-refractivity contribution is -0.137. The molecule has 0 atom stereocenters. The number of alkyl halides is 3. The number of rotatable bonds is 5. The van der Waals surface area contributed by atoms with Crippen LogP contribution in [0.3, 0.4) is 0 Å². The van der Waals surface area contributed by atoms with Gasteiger partial charge in [0.15, 0.2) is 0 Å². The van der Waals surface area contributed by atoms with Crippen molar-refractivity contribution < 1.29 is 13.2 Å². The number of hydrogen-bond acceptors (Lipinski definition) is 1. The van der Waals surface area contributed by atoms with Crippen molar-refractivity contribution in [3.63, 3.8) is 0 Å². The Morgan fingerprint density at radius 3 is 1.03 bits per heavy atom. The summed E-state index contributed by atoms with van der Waals surface area (Å²) in [5.74, 6) is 0. The van der Waals surface area contributed by atoms with Crippen LogP contribution in [0, 0.1) is 0 Å². The Hall–Kier alpha value is -7.43. The zero-order valence-corrected chi connectivity index (χ0v) is 32.9. The molecule has 0 unspecified atom stereocenters. The van der Waals surface area contributed by atoms with Crippen molar-refractivity contribution in [3.8, 4) is 33.4 Å². The minimum absolute atomic E-state index is 0.587. The maximum Gasteiger partial charge on any atom is 0.416 e. The monoisotopic (exact) mass is 791 g/mol. The summed E-state index contributed by atoms with van der Waals surface area (Å²) in [7, 11) is 0. The van der Waals surface area contributed by atoms with Crippen LogP contribution in [0.15, 0.2) is 218 Å². The second kappa shape index (κ2) is 13.0. The van der Waals surface area contributed by atoms with E-state index in [2.05, 4.69) is 187 Å². The van der Waals surface area contributed by atoms with Crippen molar-refractivity contribution in [3.05, 3.63) is 268 Å². The smallest absolute Gasteiger partial charge is 0.310 e. The summed E-state index contributed by atoms with van der Waals surface area (Å²) in [6.07, 6.45) is -4.47. The molecule has 0 radical (unpaired) electrons. The average molecular weight is 792 g/mol. The predicted octanol–water partition coefficient (Wildman–Crippen LogP) is 14.9. The van der Waals surface area contributed by atoms with Crippen molar-refractivity contribution in [2.24, 2.45) is 0 Å². The molecule has 61 heavy (non-hydrogen) atoms. The zero-order chi connectivity index (χ0) is 40.9. The van der Waals surface area contributed by atoms with Gasteiger partial charge in [0.05, 0.1) is 16.4 Å². The lowest BCUT2D eigenvalue weighted by Crippen LogP contribution is -2.28. The fourth-order valence-corrected chi connectivity index (χ4v) is 11.0. The van der Waals surface area contributed by atoms with Gasteiger partial charge in [0.1, 0.15) is 0 Å². The molecule has 3 aliphatic rings. The van der Waals surface area contributed by atoms with Gasteiger partial charge in [-0.15, -0.1) is 0 Å². The van der Waals surface area contributed by atoms with Crippen molar-refractivity contribution >= 4 is 17.1 Å². The Morgan fingerprint density at radius 2 is 0.623 bits per heavy atom. The molecular weight excluding hydrogens is 756 g/mol. The number of benzene rings is 9. The van der Waals surface area contributed by atoms with Gasteiger partial charge in [-0.3, -0.25) is 0 Å². The van der Waals surface area contributed by atoms with Crippen LogP contribution in [0.25, 0.3) is 33.4 Å². The van der Waals surface area contributed by atoms with Gasteiger partial charge >= 0.3 is 6.18 Å². The van der Waals surface area contributed by atoms with E-state index in [4.69, 9.17) is 0 Å². The molecule has 4 heteroatoms. The van der Waals surface area contributed by atoms with E-state index in [9.17, 15) is 13.2 Å². The second-order valence-electron chi connectivity index (χ2n) is 16.3. The molecular formula is C57H36F3N. The van der Waals surface area contributed by atoms with Crippen molar-refractivity contribution in [1.29, 1.82) is 0 Å². The normalized spacial score (nSPS) is 14.4. The molecule has 0 aromatic heterocycles. The van der Waals surface area contributed by atoms with Crippen LogP contribution in [0.4, 0.5) is 30.2 Å². The number of fused-ring (bicyclic) bond motifs is 13. The molecule has 0 N–H and O–H groups in total. The van der Waals surface area contributed by atoms with Crippen LogP contribution in [-0.4, -0.2) is 0 Å². The summed E-state index contributed by atoms with van der Waals surface area (Å²) in [4.78, 5) is 2.13. The Labute approximate surface area is 352 Å². The molecule has 0 fully saturated rings. The van der Waals surface area contributed by atoms with Gasteiger partial charge in [-0.25, -0.2) is 0 Å². The van der Waals surface area contributed by atoms with Crippen LogP contribution >= 0.6 is 0 Å². The Balaban J connectivity index is 1.13. The van der Waals surface area contributed by atoms with Gasteiger partial charge in [0.2, 0.25) is 0 Å². The summed E-state index contributed by atoms with van der Waals surface area (Å²) < 4.78 is 42.4. The lowest BCUT2D eigenvalue weighted by atomic mass is 9.67. The van der Waals surface area contributed by atoms with E-state index in [-0.39, 0.29) is 0 Å². The first-order valence-electron chi connectivity index (χ1n) is 20.7. The van der Waals surface area contributed by atoms with E-state index in [0.29, 0.717) is 5.69 Å². The molecule has 9 aromatic rings. The van der Waals surface area contributed by atoms with E-state index in [1.54, 1.807) is 12.1 Å². The highest BCUT2D eigenvalue weighted by atomic mass is 19.4. The predicted molar refractivity (Wildman–Crippen MR) is 240 cm³/mol. The van der Waals surface area contributed by atoms with Crippen LogP contribution in [0.2, 0.25) is 0 Å². The van der Waals surface area contributed by atoms with Crippen LogP contribution < -0.4 is 4.90 Å². The van der Waals surface area contributed by atoms with Gasteiger partial charge in [-0.2, -0.15) is 13.2 Å². The quantitative estimate of drug-likeness (QED) is 0.168. The fourth-order valence-electron chi connectivity index (χ4n) is 11.0. The molecule has 0 bridgehead atoms. The van der Waals surface area contributed by atoms with Crippen molar-refractivity contribution in [2.45, 2.75) is 17.0 Å². The average Bonchev–Trinajstić information content (AvgIpc) is 3.89. The first-order chi connectivity index (χ1) is 29.9. The Morgan fingerprint density at radius 1 is 0.295 bits per heavy atom. The lowest BCUT2D eigenvalue weighted by Gasteiger charge is -2.35. The third-order valence-electron chi connectivity index (χ3n) is 13.4.